The topological polar surface area (TPSA) is 140 Å². The lowest BCUT2D eigenvalue weighted by molar-refractivity contribution is -0.146. The Morgan fingerprint density at radius 3 is 2.31 bits per heavy atom. The van der Waals surface area contributed by atoms with Gasteiger partial charge in [-0.25, -0.2) is 18.2 Å². The summed E-state index contributed by atoms with van der Waals surface area (Å²) in [5.41, 5.74) is 0.885. The Hall–Kier alpha value is -4.79. The van der Waals surface area contributed by atoms with Crippen LogP contribution in [0.3, 0.4) is 0 Å². The number of alkyl halides is 3. The normalized spacial score (nSPS) is 18.2. The van der Waals surface area contributed by atoms with Gasteiger partial charge in [0.25, 0.3) is 10.0 Å². The minimum absolute atomic E-state index is 0.0307. The highest BCUT2D eigenvalue weighted by Crippen LogP contribution is 2.42. The maximum Gasteiger partial charge on any atom is 0.416 e. The molecule has 3 atom stereocenters. The second kappa shape index (κ2) is 15.1. The molecule has 2 N–H and O–H groups in total. The highest BCUT2D eigenvalue weighted by Gasteiger charge is 2.40. The first-order valence-corrected chi connectivity index (χ1v) is 18.3. The number of benzene rings is 3. The maximum absolute atomic E-state index is 13.7. The van der Waals surface area contributed by atoms with Crippen molar-refractivity contribution < 1.29 is 45.8 Å². The largest absolute Gasteiger partial charge is 0.493 e. The molecule has 1 aromatic heterocycles. The van der Waals surface area contributed by atoms with Crippen molar-refractivity contribution in [2.24, 2.45) is 11.8 Å². The van der Waals surface area contributed by atoms with E-state index in [0.29, 0.717) is 41.9 Å². The minimum atomic E-state index is -4.47. The van der Waals surface area contributed by atoms with Crippen LogP contribution in [0.5, 0.6) is 5.75 Å². The molecule has 280 valence electrons. The molecule has 0 bridgehead atoms. The second-order valence-corrected chi connectivity index (χ2v) is 15.9. The van der Waals surface area contributed by atoms with Crippen molar-refractivity contribution in [1.29, 1.82) is 0 Å². The predicted molar refractivity (Wildman–Crippen MR) is 189 cm³/mol. The number of aryl methyl sites for hydroxylation is 1. The summed E-state index contributed by atoms with van der Waals surface area (Å²) in [4.78, 5) is 29.2. The van der Waals surface area contributed by atoms with E-state index >= 15 is 0 Å². The number of anilines is 1. The number of ether oxygens (including phenoxy) is 2. The summed E-state index contributed by atoms with van der Waals surface area (Å²) >= 11 is 0. The maximum atomic E-state index is 13.7. The fraction of sp³-hybridized carbons (Fsp3) is 0.432. The molecule has 1 heterocycles. The number of carboxylic acid groups (broad SMARTS) is 1. The van der Waals surface area contributed by atoms with Crippen molar-refractivity contribution in [3.8, 4) is 5.75 Å². The first kappa shape index (κ1) is 38.4. The Bertz CT molecular complexity index is 2010. The molecule has 0 spiro atoms. The van der Waals surface area contributed by atoms with Gasteiger partial charge in [0, 0.05) is 26.1 Å². The predicted octanol–water partition coefficient (Wildman–Crippen LogP) is 7.38. The Morgan fingerprint density at radius 2 is 1.69 bits per heavy atom. The Kier molecular flexibility index (Phi) is 11.1. The number of nitrogens with zero attached hydrogens (tertiary/aromatic N) is 3. The summed E-state index contributed by atoms with van der Waals surface area (Å²) in [6.45, 7) is 7.84. The number of carbonyl (C=O) groups excluding carboxylic acids is 1. The fourth-order valence-corrected chi connectivity index (χ4v) is 7.87. The lowest BCUT2D eigenvalue weighted by Crippen LogP contribution is -2.36. The van der Waals surface area contributed by atoms with Crippen molar-refractivity contribution in [2.75, 3.05) is 24.5 Å². The highest BCUT2D eigenvalue weighted by molar-refractivity contribution is 7.92. The Morgan fingerprint density at radius 1 is 1.02 bits per heavy atom. The molecule has 4 aromatic rings. The van der Waals surface area contributed by atoms with Crippen LogP contribution in [-0.2, 0) is 32.3 Å². The number of sulfonamides is 1. The van der Waals surface area contributed by atoms with Crippen LogP contribution in [0.4, 0.5) is 23.7 Å². The number of imidazole rings is 1. The van der Waals surface area contributed by atoms with Gasteiger partial charge in [0.2, 0.25) is 0 Å². The standard InChI is InChI=1S/C37H43F3N4O7S/c1-23-42-31-21-29(17-18-32(31)44(23)20-19-41-35(47)51-36(2,3)4)52(48,49)43(5)27-13-9-24(10-14-27)30-8-6-7-25(33(30)34(45)46)22-50-28-15-11-26(12-16-28)37(38,39)40/h9-18,21,25,30,33H,6-8,19-20,22H2,1-5H3,(H,41,47)(H,45,46)/t25-,30+,33-/m0/s1. The van der Waals surface area contributed by atoms with E-state index in [1.54, 1.807) is 58.0 Å². The van der Waals surface area contributed by atoms with Crippen molar-refractivity contribution >= 4 is 38.8 Å². The molecule has 3 aromatic carbocycles. The fourth-order valence-electron chi connectivity index (χ4n) is 6.65. The SMILES string of the molecule is Cc1nc2cc(S(=O)(=O)N(C)c3ccc([C@H]4CCC[C@@H](COc5ccc(C(F)(F)F)cc5)[C@@H]4C(=O)O)cc3)ccc2n1CCNC(=O)OC(C)(C)C. The average molecular weight is 745 g/mol. The molecule has 1 saturated carbocycles. The number of carbonyl (C=O) groups is 2. The molecule has 1 fully saturated rings. The summed E-state index contributed by atoms with van der Waals surface area (Å²) in [6.07, 6.45) is -3.10. The quantitative estimate of drug-likeness (QED) is 0.162. The van der Waals surface area contributed by atoms with Gasteiger partial charge in [0.05, 0.1) is 39.7 Å². The molecule has 0 aliphatic heterocycles. The lowest BCUT2D eigenvalue weighted by Gasteiger charge is -2.36. The lowest BCUT2D eigenvalue weighted by atomic mass is 9.69. The number of carboxylic acids is 1. The Balaban J connectivity index is 1.26. The smallest absolute Gasteiger partial charge is 0.416 e. The number of aliphatic carboxylic acids is 1. The van der Waals surface area contributed by atoms with Gasteiger partial charge in [-0.05, 0) is 107 Å². The second-order valence-electron chi connectivity index (χ2n) is 13.9. The number of fused-ring (bicyclic) bond motifs is 1. The number of nitrogens with one attached hydrogen (secondary N) is 1. The van der Waals surface area contributed by atoms with Crippen LogP contribution < -0.4 is 14.4 Å². The van der Waals surface area contributed by atoms with E-state index in [1.807, 2.05) is 4.57 Å². The van der Waals surface area contributed by atoms with Crippen LogP contribution in [0.15, 0.2) is 71.6 Å². The van der Waals surface area contributed by atoms with Gasteiger partial charge in [0.15, 0.2) is 0 Å². The van der Waals surface area contributed by atoms with E-state index in [0.717, 1.165) is 28.4 Å². The molecule has 0 unspecified atom stereocenters. The van der Waals surface area contributed by atoms with Gasteiger partial charge in [-0.2, -0.15) is 13.2 Å². The highest BCUT2D eigenvalue weighted by atomic mass is 32.2. The number of hydrogen-bond donors (Lipinski definition) is 2. The molecule has 52 heavy (non-hydrogen) atoms. The van der Waals surface area contributed by atoms with E-state index in [4.69, 9.17) is 9.47 Å². The van der Waals surface area contributed by atoms with Crippen LogP contribution >= 0.6 is 0 Å². The third-order valence-corrected chi connectivity index (χ3v) is 11.0. The van der Waals surface area contributed by atoms with E-state index in [1.165, 1.54) is 31.3 Å². The number of halogens is 3. The number of amides is 1. The van der Waals surface area contributed by atoms with Crippen LogP contribution in [-0.4, -0.2) is 60.9 Å². The number of alkyl carbamates (subject to hydrolysis) is 1. The van der Waals surface area contributed by atoms with Gasteiger partial charge >= 0.3 is 18.2 Å². The van der Waals surface area contributed by atoms with Gasteiger partial charge in [-0.15, -0.1) is 0 Å². The van der Waals surface area contributed by atoms with Crippen LogP contribution in [0.2, 0.25) is 0 Å². The van der Waals surface area contributed by atoms with Gasteiger partial charge < -0.3 is 24.5 Å². The molecular formula is C37H43F3N4O7S. The summed E-state index contributed by atoms with van der Waals surface area (Å²) in [6, 6.07) is 15.8. The van der Waals surface area contributed by atoms with E-state index in [-0.39, 0.29) is 35.6 Å². The van der Waals surface area contributed by atoms with Crippen molar-refractivity contribution in [1.82, 2.24) is 14.9 Å². The van der Waals surface area contributed by atoms with Crippen molar-refractivity contribution in [2.45, 2.75) is 76.1 Å². The third kappa shape index (κ3) is 8.80. The van der Waals surface area contributed by atoms with E-state index in [2.05, 4.69) is 10.3 Å². The van der Waals surface area contributed by atoms with Crippen LogP contribution in [0.25, 0.3) is 11.0 Å². The van der Waals surface area contributed by atoms with E-state index < -0.39 is 45.3 Å². The molecular weight excluding hydrogens is 701 g/mol. The molecule has 15 heteroatoms. The van der Waals surface area contributed by atoms with Gasteiger partial charge in [0.1, 0.15) is 17.2 Å². The van der Waals surface area contributed by atoms with Crippen LogP contribution in [0.1, 0.15) is 62.9 Å². The van der Waals surface area contributed by atoms with Gasteiger partial charge in [-0.3, -0.25) is 9.10 Å². The zero-order chi connectivity index (χ0) is 38.0. The molecule has 0 radical (unpaired) electrons. The summed E-state index contributed by atoms with van der Waals surface area (Å²) < 4.78 is 80.4. The Labute approximate surface area is 300 Å². The van der Waals surface area contributed by atoms with Crippen molar-refractivity contribution in [3.63, 3.8) is 0 Å². The monoisotopic (exact) mass is 744 g/mol. The zero-order valence-electron chi connectivity index (χ0n) is 29.6. The number of aromatic nitrogens is 2. The minimum Gasteiger partial charge on any atom is -0.493 e. The molecule has 1 amide bonds. The third-order valence-electron chi connectivity index (χ3n) is 9.22. The molecule has 1 aliphatic carbocycles. The molecule has 11 nitrogen and oxygen atoms in total. The summed E-state index contributed by atoms with van der Waals surface area (Å²) in [7, 11) is -2.57. The molecule has 5 rings (SSSR count). The first-order chi connectivity index (χ1) is 24.3. The summed E-state index contributed by atoms with van der Waals surface area (Å²) in [5, 5.41) is 13.0. The van der Waals surface area contributed by atoms with E-state index in [9.17, 15) is 36.3 Å². The van der Waals surface area contributed by atoms with Gasteiger partial charge in [-0.1, -0.05) is 18.6 Å². The first-order valence-electron chi connectivity index (χ1n) is 16.9. The number of hydrogen-bond acceptors (Lipinski definition) is 7. The average Bonchev–Trinajstić information content (AvgIpc) is 3.39. The van der Waals surface area contributed by atoms with Crippen molar-refractivity contribution in [3.05, 3.63) is 83.7 Å². The molecule has 1 aliphatic rings. The number of rotatable bonds is 11. The molecule has 0 saturated heterocycles. The summed E-state index contributed by atoms with van der Waals surface area (Å²) in [5.74, 6) is -1.69. The zero-order valence-corrected chi connectivity index (χ0v) is 30.4. The van der Waals surface area contributed by atoms with Crippen LogP contribution in [0, 0.1) is 18.8 Å².